The van der Waals surface area contributed by atoms with E-state index in [1.165, 1.54) is 13.2 Å². The molecule has 0 aliphatic carbocycles. The number of hydrogen-bond acceptors (Lipinski definition) is 3. The summed E-state index contributed by atoms with van der Waals surface area (Å²) in [7, 11) is 1.53. The highest BCUT2D eigenvalue weighted by Gasteiger charge is 2.15. The van der Waals surface area contributed by atoms with Crippen molar-refractivity contribution >= 4 is 5.91 Å². The summed E-state index contributed by atoms with van der Waals surface area (Å²) in [5.74, 6) is 0.271. The van der Waals surface area contributed by atoms with Crippen molar-refractivity contribution in [1.82, 2.24) is 5.32 Å². The number of benzene rings is 1. The van der Waals surface area contributed by atoms with Gasteiger partial charge in [-0.1, -0.05) is 20.3 Å². The molecule has 0 saturated carbocycles. The van der Waals surface area contributed by atoms with Crippen molar-refractivity contribution in [1.29, 1.82) is 0 Å². The van der Waals surface area contributed by atoms with Gasteiger partial charge in [-0.2, -0.15) is 0 Å². The zero-order chi connectivity index (χ0) is 13.5. The molecule has 1 aromatic carbocycles. The maximum atomic E-state index is 12.1. The fourth-order valence-corrected chi connectivity index (χ4v) is 1.81. The topological polar surface area (TPSA) is 58.6 Å². The number of phenols is 1. The minimum absolute atomic E-state index is 0.0281. The maximum absolute atomic E-state index is 12.1. The van der Waals surface area contributed by atoms with Gasteiger partial charge in [-0.3, -0.25) is 4.79 Å². The Morgan fingerprint density at radius 2 is 2.17 bits per heavy atom. The Morgan fingerprint density at radius 1 is 1.44 bits per heavy atom. The fourth-order valence-electron chi connectivity index (χ4n) is 1.81. The van der Waals surface area contributed by atoms with E-state index in [-0.39, 0.29) is 23.3 Å². The number of methoxy groups -OCH3 is 1. The van der Waals surface area contributed by atoms with Gasteiger partial charge < -0.3 is 15.2 Å². The first-order valence-electron chi connectivity index (χ1n) is 6.30. The summed E-state index contributed by atoms with van der Waals surface area (Å²) < 4.78 is 5.05. The van der Waals surface area contributed by atoms with Gasteiger partial charge in [0.25, 0.3) is 5.91 Å². The Hall–Kier alpha value is -1.71. The van der Waals surface area contributed by atoms with E-state index in [9.17, 15) is 9.90 Å². The van der Waals surface area contributed by atoms with Crippen LogP contribution in [-0.4, -0.2) is 24.2 Å². The third-order valence-corrected chi connectivity index (χ3v) is 2.91. The molecule has 1 atom stereocenters. The number of hydrogen-bond donors (Lipinski definition) is 2. The lowest BCUT2D eigenvalue weighted by atomic mass is 10.1. The lowest BCUT2D eigenvalue weighted by Crippen LogP contribution is -2.34. The third kappa shape index (κ3) is 3.65. The van der Waals surface area contributed by atoms with Gasteiger partial charge in [-0.05, 0) is 31.0 Å². The van der Waals surface area contributed by atoms with Crippen molar-refractivity contribution < 1.29 is 14.6 Å². The van der Waals surface area contributed by atoms with Crippen LogP contribution >= 0.6 is 0 Å². The molecule has 0 heterocycles. The van der Waals surface area contributed by atoms with E-state index in [2.05, 4.69) is 12.2 Å². The van der Waals surface area contributed by atoms with Crippen LogP contribution in [0.4, 0.5) is 0 Å². The third-order valence-electron chi connectivity index (χ3n) is 2.91. The van der Waals surface area contributed by atoms with Gasteiger partial charge in [0.1, 0.15) is 11.5 Å². The highest BCUT2D eigenvalue weighted by molar-refractivity contribution is 5.97. The number of rotatable bonds is 6. The number of amides is 1. The SMILES string of the molecule is CCCC(CC)NC(=O)c1cc(OC)ccc1O. The molecule has 0 radical (unpaired) electrons. The minimum atomic E-state index is -0.258. The summed E-state index contributed by atoms with van der Waals surface area (Å²) in [6.07, 6.45) is 2.83. The normalized spacial score (nSPS) is 11.9. The van der Waals surface area contributed by atoms with Gasteiger partial charge in [0.2, 0.25) is 0 Å². The van der Waals surface area contributed by atoms with E-state index in [4.69, 9.17) is 4.74 Å². The monoisotopic (exact) mass is 251 g/mol. The number of nitrogens with one attached hydrogen (secondary N) is 1. The predicted molar refractivity (Wildman–Crippen MR) is 71.1 cm³/mol. The molecular formula is C14H21NO3. The van der Waals surface area contributed by atoms with Gasteiger partial charge in [0.05, 0.1) is 12.7 Å². The average molecular weight is 251 g/mol. The fraction of sp³-hybridized carbons (Fsp3) is 0.500. The van der Waals surface area contributed by atoms with Crippen molar-refractivity contribution in [2.24, 2.45) is 0 Å². The Kier molecular flexibility index (Phi) is 5.49. The van der Waals surface area contributed by atoms with Crippen molar-refractivity contribution in [2.75, 3.05) is 7.11 Å². The van der Waals surface area contributed by atoms with Gasteiger partial charge in [0, 0.05) is 6.04 Å². The van der Waals surface area contributed by atoms with E-state index in [0.29, 0.717) is 5.75 Å². The molecule has 0 fully saturated rings. The molecule has 0 aliphatic heterocycles. The van der Waals surface area contributed by atoms with E-state index in [1.54, 1.807) is 12.1 Å². The maximum Gasteiger partial charge on any atom is 0.255 e. The van der Waals surface area contributed by atoms with Gasteiger partial charge in [-0.25, -0.2) is 0 Å². The zero-order valence-corrected chi connectivity index (χ0v) is 11.2. The van der Waals surface area contributed by atoms with Crippen molar-refractivity contribution in [3.63, 3.8) is 0 Å². The molecular weight excluding hydrogens is 230 g/mol. The van der Waals surface area contributed by atoms with Crippen LogP contribution in [0.5, 0.6) is 11.5 Å². The van der Waals surface area contributed by atoms with E-state index < -0.39 is 0 Å². The second-order valence-corrected chi connectivity index (χ2v) is 4.25. The lowest BCUT2D eigenvalue weighted by Gasteiger charge is -2.16. The van der Waals surface area contributed by atoms with Crippen LogP contribution in [0.3, 0.4) is 0 Å². The van der Waals surface area contributed by atoms with Crippen LogP contribution in [-0.2, 0) is 0 Å². The largest absolute Gasteiger partial charge is 0.507 e. The Balaban J connectivity index is 2.82. The molecule has 1 unspecified atom stereocenters. The highest BCUT2D eigenvalue weighted by atomic mass is 16.5. The number of phenolic OH excluding ortho intramolecular Hbond substituents is 1. The molecule has 4 heteroatoms. The summed E-state index contributed by atoms with van der Waals surface area (Å²) in [5.41, 5.74) is 0.254. The van der Waals surface area contributed by atoms with Crippen LogP contribution in [0.25, 0.3) is 0 Å². The van der Waals surface area contributed by atoms with Crippen LogP contribution in [0.1, 0.15) is 43.5 Å². The number of ether oxygens (including phenoxy) is 1. The Morgan fingerprint density at radius 3 is 2.72 bits per heavy atom. The Labute approximate surface area is 108 Å². The van der Waals surface area contributed by atoms with Gasteiger partial charge >= 0.3 is 0 Å². The first-order valence-corrected chi connectivity index (χ1v) is 6.30. The molecule has 1 rings (SSSR count). The second-order valence-electron chi connectivity index (χ2n) is 4.25. The van der Waals surface area contributed by atoms with Crippen LogP contribution in [0, 0.1) is 0 Å². The Bertz CT molecular complexity index is 404. The molecule has 100 valence electrons. The molecule has 0 spiro atoms. The van der Waals surface area contributed by atoms with Crippen molar-refractivity contribution in [3.8, 4) is 11.5 Å². The molecule has 1 amide bonds. The number of carbonyl (C=O) groups excluding carboxylic acids is 1. The standard InChI is InChI=1S/C14H21NO3/c1-4-6-10(5-2)15-14(17)12-9-11(18-3)7-8-13(12)16/h7-10,16H,4-6H2,1-3H3,(H,15,17). The van der Waals surface area contributed by atoms with Crippen molar-refractivity contribution in [2.45, 2.75) is 39.2 Å². The summed E-state index contributed by atoms with van der Waals surface area (Å²) in [6, 6.07) is 4.78. The molecule has 0 aromatic heterocycles. The van der Waals surface area contributed by atoms with Crippen LogP contribution < -0.4 is 10.1 Å². The summed E-state index contributed by atoms with van der Waals surface area (Å²) in [5, 5.41) is 12.6. The van der Waals surface area contributed by atoms with Gasteiger partial charge in [0.15, 0.2) is 0 Å². The summed E-state index contributed by atoms with van der Waals surface area (Å²) in [6.45, 7) is 4.11. The van der Waals surface area contributed by atoms with Crippen LogP contribution in [0.2, 0.25) is 0 Å². The second kappa shape index (κ2) is 6.89. The first-order chi connectivity index (χ1) is 8.62. The van der Waals surface area contributed by atoms with E-state index >= 15 is 0 Å². The highest BCUT2D eigenvalue weighted by Crippen LogP contribution is 2.23. The lowest BCUT2D eigenvalue weighted by molar-refractivity contribution is 0.0930. The predicted octanol–water partition coefficient (Wildman–Crippen LogP) is 2.71. The van der Waals surface area contributed by atoms with Gasteiger partial charge in [-0.15, -0.1) is 0 Å². The molecule has 2 N–H and O–H groups in total. The van der Waals surface area contributed by atoms with Crippen LogP contribution in [0.15, 0.2) is 18.2 Å². The van der Waals surface area contributed by atoms with Crippen molar-refractivity contribution in [3.05, 3.63) is 23.8 Å². The number of aromatic hydroxyl groups is 1. The van der Waals surface area contributed by atoms with E-state index in [1.807, 2.05) is 6.92 Å². The minimum Gasteiger partial charge on any atom is -0.507 e. The first kappa shape index (κ1) is 14.4. The smallest absolute Gasteiger partial charge is 0.255 e. The molecule has 0 aliphatic rings. The molecule has 18 heavy (non-hydrogen) atoms. The molecule has 1 aromatic rings. The zero-order valence-electron chi connectivity index (χ0n) is 11.2. The summed E-state index contributed by atoms with van der Waals surface area (Å²) in [4.78, 5) is 12.1. The molecule has 0 saturated heterocycles. The molecule has 4 nitrogen and oxygen atoms in total. The molecule has 0 bridgehead atoms. The number of carbonyl (C=O) groups is 1. The summed E-state index contributed by atoms with van der Waals surface area (Å²) >= 11 is 0. The quantitative estimate of drug-likeness (QED) is 0.817. The van der Waals surface area contributed by atoms with E-state index in [0.717, 1.165) is 19.3 Å². The average Bonchev–Trinajstić information content (AvgIpc) is 2.38.